The fraction of sp³-hybridized carbons (Fsp3) is 0.312. The van der Waals surface area contributed by atoms with Crippen LogP contribution in [0.4, 0.5) is 0 Å². The van der Waals surface area contributed by atoms with E-state index in [4.69, 9.17) is 14.2 Å². The fourth-order valence-electron chi connectivity index (χ4n) is 1.81. The van der Waals surface area contributed by atoms with Crippen LogP contribution >= 0.6 is 0 Å². The first kappa shape index (κ1) is 16.5. The molecule has 0 bridgehead atoms. The summed E-state index contributed by atoms with van der Waals surface area (Å²) in [6.07, 6.45) is 1.37. The summed E-state index contributed by atoms with van der Waals surface area (Å²) in [5.41, 5.74) is 0.395. The van der Waals surface area contributed by atoms with Crippen LogP contribution in [0.15, 0.2) is 29.8 Å². The molecule has 23 heavy (non-hydrogen) atoms. The molecular weight excluding hydrogens is 304 g/mol. The van der Waals surface area contributed by atoms with E-state index < -0.39 is 23.7 Å². The van der Waals surface area contributed by atoms with Crippen LogP contribution in [-0.2, 0) is 28.6 Å². The van der Waals surface area contributed by atoms with Crippen molar-refractivity contribution in [2.45, 2.75) is 19.6 Å². The number of carbonyl (C=O) groups is 3. The van der Waals surface area contributed by atoms with Gasteiger partial charge in [0.2, 0.25) is 0 Å². The molecule has 0 aromatic heterocycles. The first-order chi connectivity index (χ1) is 10.8. The molecule has 0 atom stereocenters. The van der Waals surface area contributed by atoms with Crippen LogP contribution in [0.1, 0.15) is 19.4 Å². The normalized spacial score (nSPS) is 16.2. The number of ether oxygens (including phenoxy) is 4. The molecular formula is C16H16O7. The Morgan fingerprint density at radius 3 is 2.22 bits per heavy atom. The summed E-state index contributed by atoms with van der Waals surface area (Å²) in [6.45, 7) is 2.75. The van der Waals surface area contributed by atoms with Crippen LogP contribution < -0.4 is 4.74 Å². The number of cyclic esters (lactones) is 2. The van der Waals surface area contributed by atoms with Crippen molar-refractivity contribution in [3.8, 4) is 5.75 Å². The number of methoxy groups -OCH3 is 1. The van der Waals surface area contributed by atoms with Crippen molar-refractivity contribution in [3.05, 3.63) is 35.4 Å². The molecule has 0 saturated carbocycles. The van der Waals surface area contributed by atoms with Crippen LogP contribution in [0, 0.1) is 0 Å². The van der Waals surface area contributed by atoms with Gasteiger partial charge in [0.05, 0.1) is 7.11 Å². The van der Waals surface area contributed by atoms with Crippen LogP contribution in [0.2, 0.25) is 0 Å². The average Bonchev–Trinajstić information content (AvgIpc) is 2.48. The van der Waals surface area contributed by atoms with E-state index in [0.29, 0.717) is 11.3 Å². The van der Waals surface area contributed by atoms with Gasteiger partial charge >= 0.3 is 17.9 Å². The first-order valence-corrected chi connectivity index (χ1v) is 6.79. The van der Waals surface area contributed by atoms with Crippen LogP contribution in [0.25, 0.3) is 6.08 Å². The third-order valence-electron chi connectivity index (χ3n) is 2.89. The molecule has 0 unspecified atom stereocenters. The number of rotatable bonds is 4. The topological polar surface area (TPSA) is 88.1 Å². The van der Waals surface area contributed by atoms with Gasteiger partial charge in [0.15, 0.2) is 6.61 Å². The Hall–Kier alpha value is -2.83. The molecule has 1 aromatic carbocycles. The Morgan fingerprint density at radius 2 is 1.70 bits per heavy atom. The van der Waals surface area contributed by atoms with E-state index in [9.17, 15) is 14.4 Å². The van der Waals surface area contributed by atoms with Crippen molar-refractivity contribution in [1.82, 2.24) is 0 Å². The number of hydrogen-bond acceptors (Lipinski definition) is 7. The minimum absolute atomic E-state index is 0.187. The van der Waals surface area contributed by atoms with Crippen LogP contribution in [0.5, 0.6) is 5.75 Å². The number of carbonyl (C=O) groups excluding carboxylic acids is 3. The minimum Gasteiger partial charge on any atom is -0.482 e. The summed E-state index contributed by atoms with van der Waals surface area (Å²) >= 11 is 0. The van der Waals surface area contributed by atoms with Gasteiger partial charge in [-0.3, -0.25) is 0 Å². The summed E-state index contributed by atoms with van der Waals surface area (Å²) in [5.74, 6) is -2.79. The van der Waals surface area contributed by atoms with Gasteiger partial charge in [-0.05, 0) is 23.8 Å². The van der Waals surface area contributed by atoms with E-state index in [2.05, 4.69) is 4.74 Å². The van der Waals surface area contributed by atoms with Gasteiger partial charge in [0, 0.05) is 13.8 Å². The van der Waals surface area contributed by atoms with Gasteiger partial charge in [-0.25, -0.2) is 14.4 Å². The highest BCUT2D eigenvalue weighted by molar-refractivity contribution is 6.18. The highest BCUT2D eigenvalue weighted by atomic mass is 16.7. The van der Waals surface area contributed by atoms with Gasteiger partial charge in [-0.2, -0.15) is 0 Å². The number of benzene rings is 1. The molecule has 122 valence electrons. The van der Waals surface area contributed by atoms with Gasteiger partial charge in [0.1, 0.15) is 11.3 Å². The average molecular weight is 320 g/mol. The Morgan fingerprint density at radius 1 is 1.13 bits per heavy atom. The largest absolute Gasteiger partial charge is 0.482 e. The maximum Gasteiger partial charge on any atom is 0.348 e. The highest BCUT2D eigenvalue weighted by Gasteiger charge is 2.38. The summed E-state index contributed by atoms with van der Waals surface area (Å²) in [5, 5.41) is 0. The number of esters is 3. The summed E-state index contributed by atoms with van der Waals surface area (Å²) in [4.78, 5) is 34.6. The Balaban J connectivity index is 2.09. The Labute approximate surface area is 132 Å². The van der Waals surface area contributed by atoms with E-state index in [1.807, 2.05) is 0 Å². The third kappa shape index (κ3) is 4.32. The molecule has 1 saturated heterocycles. The molecule has 7 nitrogen and oxygen atoms in total. The van der Waals surface area contributed by atoms with E-state index >= 15 is 0 Å². The summed E-state index contributed by atoms with van der Waals surface area (Å²) in [6, 6.07) is 6.44. The lowest BCUT2D eigenvalue weighted by molar-refractivity contribution is -0.222. The molecule has 1 aromatic rings. The van der Waals surface area contributed by atoms with E-state index in [0.717, 1.165) is 0 Å². The maximum absolute atomic E-state index is 11.8. The molecule has 0 aliphatic carbocycles. The van der Waals surface area contributed by atoms with Gasteiger partial charge in [0.25, 0.3) is 5.79 Å². The lowest BCUT2D eigenvalue weighted by atomic mass is 10.1. The lowest BCUT2D eigenvalue weighted by Crippen LogP contribution is -2.41. The second-order valence-electron chi connectivity index (χ2n) is 5.17. The molecule has 0 spiro atoms. The quantitative estimate of drug-likeness (QED) is 0.471. The van der Waals surface area contributed by atoms with E-state index in [1.54, 1.807) is 24.3 Å². The van der Waals surface area contributed by atoms with Crippen LogP contribution in [0.3, 0.4) is 0 Å². The third-order valence-corrected chi connectivity index (χ3v) is 2.89. The minimum atomic E-state index is -1.27. The Bertz CT molecular complexity index is 634. The van der Waals surface area contributed by atoms with Gasteiger partial charge in [-0.1, -0.05) is 12.1 Å². The maximum atomic E-state index is 11.8. The molecule has 0 N–H and O–H groups in total. The number of hydrogen-bond donors (Lipinski definition) is 0. The van der Waals surface area contributed by atoms with Crippen molar-refractivity contribution >= 4 is 24.0 Å². The second kappa shape index (κ2) is 6.51. The van der Waals surface area contributed by atoms with E-state index in [-0.39, 0.29) is 12.2 Å². The lowest BCUT2D eigenvalue weighted by Gasteiger charge is -2.29. The first-order valence-electron chi connectivity index (χ1n) is 6.79. The molecule has 0 amide bonds. The molecule has 7 heteroatoms. The summed E-state index contributed by atoms with van der Waals surface area (Å²) < 4.78 is 19.7. The zero-order valence-electron chi connectivity index (χ0n) is 13.0. The monoisotopic (exact) mass is 320 g/mol. The highest BCUT2D eigenvalue weighted by Crippen LogP contribution is 2.24. The SMILES string of the molecule is COC(=O)COc1ccc(C=C2C(=O)OC(C)(C)OC2=O)cc1. The smallest absolute Gasteiger partial charge is 0.348 e. The predicted octanol–water partition coefficient (Wildman–Crippen LogP) is 1.46. The van der Waals surface area contributed by atoms with Gasteiger partial charge < -0.3 is 18.9 Å². The van der Waals surface area contributed by atoms with Crippen molar-refractivity contribution in [2.24, 2.45) is 0 Å². The fourth-order valence-corrected chi connectivity index (χ4v) is 1.81. The predicted molar refractivity (Wildman–Crippen MR) is 78.2 cm³/mol. The Kier molecular flexibility index (Phi) is 4.68. The molecule has 1 aliphatic heterocycles. The molecule has 1 heterocycles. The van der Waals surface area contributed by atoms with E-state index in [1.165, 1.54) is 27.0 Å². The molecule has 2 rings (SSSR count). The van der Waals surface area contributed by atoms with Crippen LogP contribution in [-0.4, -0.2) is 37.4 Å². The molecule has 1 fully saturated rings. The summed E-state index contributed by atoms with van der Waals surface area (Å²) in [7, 11) is 1.27. The van der Waals surface area contributed by atoms with Gasteiger partial charge in [-0.15, -0.1) is 0 Å². The van der Waals surface area contributed by atoms with Crippen molar-refractivity contribution in [1.29, 1.82) is 0 Å². The molecule has 1 aliphatic rings. The zero-order valence-corrected chi connectivity index (χ0v) is 13.0. The standard InChI is InChI=1S/C16H16O7/c1-16(2)22-14(18)12(15(19)23-16)8-10-4-6-11(7-5-10)21-9-13(17)20-3/h4-8H,9H2,1-3H3. The zero-order chi connectivity index (χ0) is 17.0. The van der Waals surface area contributed by atoms with Crippen molar-refractivity contribution < 1.29 is 33.3 Å². The molecule has 0 radical (unpaired) electrons. The second-order valence-corrected chi connectivity index (χ2v) is 5.17. The van der Waals surface area contributed by atoms with Crippen molar-refractivity contribution in [3.63, 3.8) is 0 Å². The van der Waals surface area contributed by atoms with Crippen molar-refractivity contribution in [2.75, 3.05) is 13.7 Å².